The van der Waals surface area contributed by atoms with Crippen molar-refractivity contribution in [2.45, 2.75) is 90.5 Å². The molecule has 2 saturated heterocycles. The summed E-state index contributed by atoms with van der Waals surface area (Å²) in [6, 6.07) is 16.3. The average molecular weight is 676 g/mol. The highest BCUT2D eigenvalue weighted by Crippen LogP contribution is 2.38. The number of hydrogen-bond donors (Lipinski definition) is 2. The van der Waals surface area contributed by atoms with E-state index in [0.29, 0.717) is 13.1 Å². The molecule has 2 N–H and O–H groups in total. The monoisotopic (exact) mass is 675 g/mol. The van der Waals surface area contributed by atoms with Gasteiger partial charge in [0.15, 0.2) is 0 Å². The number of nitrogens with zero attached hydrogens (tertiary/aromatic N) is 5. The number of fused-ring (bicyclic) bond motifs is 1. The zero-order valence-electron chi connectivity index (χ0n) is 29.6. The highest BCUT2D eigenvalue weighted by atomic mass is 16.6. The van der Waals surface area contributed by atoms with E-state index in [1.54, 1.807) is 9.80 Å². The van der Waals surface area contributed by atoms with Crippen molar-refractivity contribution in [3.63, 3.8) is 0 Å². The van der Waals surface area contributed by atoms with Crippen molar-refractivity contribution in [1.29, 1.82) is 0 Å². The van der Waals surface area contributed by atoms with Crippen LogP contribution in [0.25, 0.3) is 44.5 Å². The van der Waals surface area contributed by atoms with Crippen LogP contribution in [0.3, 0.4) is 0 Å². The van der Waals surface area contributed by atoms with Gasteiger partial charge in [0.2, 0.25) is 0 Å². The van der Waals surface area contributed by atoms with Gasteiger partial charge in [-0.25, -0.2) is 19.6 Å². The summed E-state index contributed by atoms with van der Waals surface area (Å²) in [4.78, 5) is 50.5. The summed E-state index contributed by atoms with van der Waals surface area (Å²) in [5.41, 5.74) is 5.60. The molecule has 2 aliphatic heterocycles. The maximum atomic E-state index is 12.9. The third-order valence-corrected chi connectivity index (χ3v) is 9.15. The fourth-order valence-electron chi connectivity index (χ4n) is 6.95. The topological polar surface area (TPSA) is 129 Å². The number of pyridine rings is 1. The molecule has 2 unspecified atom stereocenters. The van der Waals surface area contributed by atoms with E-state index in [1.807, 2.05) is 66.2 Å². The van der Waals surface area contributed by atoms with Crippen LogP contribution in [0.2, 0.25) is 0 Å². The number of aromatic amines is 2. The number of H-pyrrole nitrogens is 2. The van der Waals surface area contributed by atoms with Crippen LogP contribution in [-0.2, 0) is 9.47 Å². The predicted molar refractivity (Wildman–Crippen MR) is 192 cm³/mol. The Balaban J connectivity index is 1.11. The number of rotatable bonds is 5. The third-order valence-electron chi connectivity index (χ3n) is 9.15. The number of carbonyl (C=O) groups is 2. The van der Waals surface area contributed by atoms with Crippen LogP contribution in [0.15, 0.2) is 67.1 Å². The molecule has 2 amide bonds. The number of benzene rings is 2. The summed E-state index contributed by atoms with van der Waals surface area (Å²) < 4.78 is 11.3. The second kappa shape index (κ2) is 12.9. The van der Waals surface area contributed by atoms with Crippen molar-refractivity contribution in [3.8, 4) is 33.6 Å². The number of aromatic nitrogens is 5. The van der Waals surface area contributed by atoms with E-state index < -0.39 is 11.2 Å². The van der Waals surface area contributed by atoms with Gasteiger partial charge in [-0.1, -0.05) is 42.5 Å². The average Bonchev–Trinajstić information content (AvgIpc) is 3.89. The first kappa shape index (κ1) is 33.3. The minimum Gasteiger partial charge on any atom is -0.444 e. The molecule has 11 nitrogen and oxygen atoms in total. The Labute approximate surface area is 292 Å². The maximum absolute atomic E-state index is 12.9. The van der Waals surface area contributed by atoms with Gasteiger partial charge in [-0.05, 0) is 84.4 Å². The summed E-state index contributed by atoms with van der Waals surface area (Å²) in [6.07, 6.45) is 8.34. The second-order valence-electron chi connectivity index (χ2n) is 15.2. The molecule has 0 spiro atoms. The molecule has 0 aliphatic carbocycles. The number of nitrogens with one attached hydrogen (secondary N) is 2. The van der Waals surface area contributed by atoms with Crippen LogP contribution in [0, 0.1) is 0 Å². The molecule has 50 heavy (non-hydrogen) atoms. The first-order chi connectivity index (χ1) is 23.8. The third kappa shape index (κ3) is 6.81. The number of imidazole rings is 2. The zero-order valence-corrected chi connectivity index (χ0v) is 29.6. The highest BCUT2D eigenvalue weighted by Gasteiger charge is 2.36. The Morgan fingerprint density at radius 1 is 0.680 bits per heavy atom. The Morgan fingerprint density at radius 3 is 1.78 bits per heavy atom. The van der Waals surface area contributed by atoms with Crippen LogP contribution in [0.4, 0.5) is 9.59 Å². The molecular formula is C39H45N7O4. The van der Waals surface area contributed by atoms with Crippen LogP contribution in [0.5, 0.6) is 0 Å². The standard InChI is InChI=1S/C39H45N7O4/c1-38(2,3)49-36(47)45-20-8-11-31(45)34-41-22-29(43-34)25-15-13-24(14-16-25)26-17-18-27(28-10-7-19-40-33(26)28)30-23-42-35(44-30)32-12-9-21-46(32)37(48)50-39(4,5)6/h7,10,13-19,22-23,31-32H,8-9,11-12,20-21H2,1-6H3,(H,41,43)(H,42,44). The smallest absolute Gasteiger partial charge is 0.410 e. The first-order valence-corrected chi connectivity index (χ1v) is 17.4. The normalized spacial score (nSPS) is 18.2. The molecule has 0 bridgehead atoms. The Morgan fingerprint density at radius 2 is 1.20 bits per heavy atom. The number of hydrogen-bond acceptors (Lipinski definition) is 7. The Hall–Kier alpha value is -5.19. The molecule has 2 aliphatic rings. The quantitative estimate of drug-likeness (QED) is 0.190. The Kier molecular flexibility index (Phi) is 8.61. The summed E-state index contributed by atoms with van der Waals surface area (Å²) in [7, 11) is 0. The lowest BCUT2D eigenvalue weighted by atomic mass is 9.96. The van der Waals surface area contributed by atoms with Gasteiger partial charge in [0.25, 0.3) is 0 Å². The highest BCUT2D eigenvalue weighted by molar-refractivity contribution is 6.02. The van der Waals surface area contributed by atoms with Crippen LogP contribution < -0.4 is 0 Å². The van der Waals surface area contributed by atoms with Gasteiger partial charge in [-0.15, -0.1) is 0 Å². The zero-order chi connectivity index (χ0) is 35.2. The van der Waals surface area contributed by atoms with E-state index >= 15 is 0 Å². The van der Waals surface area contributed by atoms with Crippen molar-refractivity contribution >= 4 is 23.1 Å². The summed E-state index contributed by atoms with van der Waals surface area (Å²) in [5.74, 6) is 1.53. The van der Waals surface area contributed by atoms with Crippen LogP contribution >= 0.6 is 0 Å². The SMILES string of the molecule is CC(C)(C)OC(=O)N1CCCC1c1ncc(-c2ccc(-c3ccc(-c4cnc(C5CCCN5C(=O)OC(C)(C)C)[nH]4)c4cccnc34)cc2)[nH]1. The van der Waals surface area contributed by atoms with E-state index in [1.165, 1.54) is 0 Å². The van der Waals surface area contributed by atoms with Crippen molar-refractivity contribution < 1.29 is 19.1 Å². The van der Waals surface area contributed by atoms with Gasteiger partial charge in [0.05, 0.1) is 41.4 Å². The van der Waals surface area contributed by atoms with Crippen molar-refractivity contribution in [2.75, 3.05) is 13.1 Å². The summed E-state index contributed by atoms with van der Waals surface area (Å²) in [6.45, 7) is 12.6. The molecule has 2 fully saturated rings. The lowest BCUT2D eigenvalue weighted by Gasteiger charge is -2.27. The molecule has 3 aromatic heterocycles. The van der Waals surface area contributed by atoms with Gasteiger partial charge >= 0.3 is 12.2 Å². The number of ether oxygens (including phenoxy) is 2. The largest absolute Gasteiger partial charge is 0.444 e. The molecule has 0 radical (unpaired) electrons. The predicted octanol–water partition coefficient (Wildman–Crippen LogP) is 8.83. The molecule has 0 saturated carbocycles. The van der Waals surface area contributed by atoms with Crippen LogP contribution in [0.1, 0.15) is 91.0 Å². The van der Waals surface area contributed by atoms with Crippen LogP contribution in [-0.4, -0.2) is 71.2 Å². The van der Waals surface area contributed by atoms with Crippen molar-refractivity contribution in [3.05, 3.63) is 78.8 Å². The van der Waals surface area contributed by atoms with E-state index in [0.717, 1.165) is 81.9 Å². The van der Waals surface area contributed by atoms with Gasteiger partial charge in [0, 0.05) is 35.8 Å². The lowest BCUT2D eigenvalue weighted by molar-refractivity contribution is 0.0208. The van der Waals surface area contributed by atoms with Gasteiger partial charge < -0.3 is 19.4 Å². The fourth-order valence-corrected chi connectivity index (χ4v) is 6.95. The molecule has 2 aromatic carbocycles. The Bertz CT molecular complexity index is 2020. The molecule has 11 heteroatoms. The van der Waals surface area contributed by atoms with E-state index in [-0.39, 0.29) is 24.3 Å². The molecular weight excluding hydrogens is 630 g/mol. The van der Waals surface area contributed by atoms with E-state index in [2.05, 4.69) is 57.4 Å². The van der Waals surface area contributed by atoms with E-state index in [4.69, 9.17) is 19.4 Å². The minimum absolute atomic E-state index is 0.137. The number of likely N-dealkylation sites (tertiary alicyclic amines) is 2. The van der Waals surface area contributed by atoms with Crippen molar-refractivity contribution in [2.24, 2.45) is 0 Å². The molecule has 5 heterocycles. The van der Waals surface area contributed by atoms with Gasteiger partial charge in [-0.2, -0.15) is 0 Å². The fraction of sp³-hybridized carbons (Fsp3) is 0.410. The number of carbonyl (C=O) groups excluding carboxylic acids is 2. The second-order valence-corrected chi connectivity index (χ2v) is 15.2. The first-order valence-electron chi connectivity index (χ1n) is 17.4. The molecule has 260 valence electrons. The van der Waals surface area contributed by atoms with E-state index in [9.17, 15) is 9.59 Å². The molecule has 7 rings (SSSR count). The lowest BCUT2D eigenvalue weighted by Crippen LogP contribution is -2.36. The summed E-state index contributed by atoms with van der Waals surface area (Å²) >= 11 is 0. The van der Waals surface area contributed by atoms with Crippen molar-refractivity contribution in [1.82, 2.24) is 34.7 Å². The number of amides is 2. The van der Waals surface area contributed by atoms with Gasteiger partial charge in [0.1, 0.15) is 22.9 Å². The molecule has 2 atom stereocenters. The minimum atomic E-state index is -0.558. The maximum Gasteiger partial charge on any atom is 0.410 e. The van der Waals surface area contributed by atoms with Gasteiger partial charge in [-0.3, -0.25) is 14.8 Å². The summed E-state index contributed by atoms with van der Waals surface area (Å²) in [5, 5.41) is 1.00. The molecule has 5 aromatic rings.